The SMILES string of the molecule is Cc1nc(NCCN2CCCOC2=O)c2c(C)noc2n1. The van der Waals surface area contributed by atoms with Gasteiger partial charge >= 0.3 is 6.09 Å². The van der Waals surface area contributed by atoms with Gasteiger partial charge in [0, 0.05) is 19.6 Å². The Balaban J connectivity index is 1.70. The van der Waals surface area contributed by atoms with Crippen molar-refractivity contribution in [2.45, 2.75) is 20.3 Å². The normalized spacial score (nSPS) is 15.3. The molecule has 21 heavy (non-hydrogen) atoms. The Hall–Kier alpha value is -2.38. The zero-order chi connectivity index (χ0) is 14.8. The van der Waals surface area contributed by atoms with E-state index in [2.05, 4.69) is 20.4 Å². The molecular formula is C13H17N5O3. The van der Waals surface area contributed by atoms with Gasteiger partial charge in [-0.2, -0.15) is 4.98 Å². The molecule has 2 aromatic rings. The van der Waals surface area contributed by atoms with Crippen molar-refractivity contribution < 1.29 is 14.1 Å². The minimum absolute atomic E-state index is 0.256. The Morgan fingerprint density at radius 3 is 3.00 bits per heavy atom. The smallest absolute Gasteiger partial charge is 0.409 e. The number of aryl methyl sites for hydroxylation is 2. The van der Waals surface area contributed by atoms with Crippen LogP contribution in [0, 0.1) is 13.8 Å². The number of ether oxygens (including phenoxy) is 1. The first-order valence-corrected chi connectivity index (χ1v) is 6.91. The lowest BCUT2D eigenvalue weighted by molar-refractivity contribution is 0.0746. The maximum atomic E-state index is 11.5. The average Bonchev–Trinajstić information content (AvgIpc) is 2.82. The third-order valence-corrected chi connectivity index (χ3v) is 3.35. The summed E-state index contributed by atoms with van der Waals surface area (Å²) in [6, 6.07) is 0. The van der Waals surface area contributed by atoms with Gasteiger partial charge in [-0.3, -0.25) is 0 Å². The zero-order valence-electron chi connectivity index (χ0n) is 12.0. The molecule has 0 atom stereocenters. The second-order valence-electron chi connectivity index (χ2n) is 4.95. The van der Waals surface area contributed by atoms with E-state index in [9.17, 15) is 4.79 Å². The Labute approximate surface area is 121 Å². The van der Waals surface area contributed by atoms with Gasteiger partial charge in [-0.25, -0.2) is 9.78 Å². The van der Waals surface area contributed by atoms with Gasteiger partial charge in [-0.1, -0.05) is 5.16 Å². The molecule has 1 N–H and O–H groups in total. The number of nitrogens with zero attached hydrogens (tertiary/aromatic N) is 4. The molecule has 2 aromatic heterocycles. The molecule has 0 aliphatic carbocycles. The van der Waals surface area contributed by atoms with Crippen molar-refractivity contribution in [2.75, 3.05) is 31.6 Å². The molecule has 0 unspecified atom stereocenters. The summed E-state index contributed by atoms with van der Waals surface area (Å²) in [4.78, 5) is 21.8. The predicted octanol–water partition coefficient (Wildman–Crippen LogP) is 1.49. The molecule has 1 amide bonds. The summed E-state index contributed by atoms with van der Waals surface area (Å²) in [7, 11) is 0. The minimum Gasteiger partial charge on any atom is -0.449 e. The number of cyclic esters (lactones) is 1. The lowest BCUT2D eigenvalue weighted by Gasteiger charge is -2.26. The zero-order valence-corrected chi connectivity index (χ0v) is 12.0. The number of carbonyl (C=O) groups is 1. The van der Waals surface area contributed by atoms with E-state index in [4.69, 9.17) is 9.26 Å². The topological polar surface area (TPSA) is 93.4 Å². The number of hydrogen-bond acceptors (Lipinski definition) is 7. The second-order valence-corrected chi connectivity index (χ2v) is 4.95. The molecule has 0 radical (unpaired) electrons. The van der Waals surface area contributed by atoms with Gasteiger partial charge in [-0.15, -0.1) is 0 Å². The molecule has 0 saturated carbocycles. The first kappa shape index (κ1) is 13.6. The number of amides is 1. The number of fused-ring (bicyclic) bond motifs is 1. The molecule has 8 heteroatoms. The van der Waals surface area contributed by atoms with Crippen LogP contribution in [0.3, 0.4) is 0 Å². The monoisotopic (exact) mass is 291 g/mol. The van der Waals surface area contributed by atoms with E-state index in [0.717, 1.165) is 24.0 Å². The van der Waals surface area contributed by atoms with Crippen LogP contribution in [0.1, 0.15) is 17.9 Å². The molecule has 0 spiro atoms. The van der Waals surface area contributed by atoms with E-state index < -0.39 is 0 Å². The lowest BCUT2D eigenvalue weighted by atomic mass is 10.3. The fourth-order valence-electron chi connectivity index (χ4n) is 2.33. The highest BCUT2D eigenvalue weighted by atomic mass is 16.6. The molecule has 3 rings (SSSR count). The van der Waals surface area contributed by atoms with Gasteiger partial charge in [-0.05, 0) is 20.3 Å². The van der Waals surface area contributed by atoms with E-state index in [1.165, 1.54) is 0 Å². The maximum absolute atomic E-state index is 11.5. The van der Waals surface area contributed by atoms with E-state index in [0.29, 0.717) is 37.1 Å². The van der Waals surface area contributed by atoms with Crippen LogP contribution in [-0.2, 0) is 4.74 Å². The van der Waals surface area contributed by atoms with Crippen LogP contribution < -0.4 is 5.32 Å². The maximum Gasteiger partial charge on any atom is 0.409 e. The fraction of sp³-hybridized carbons (Fsp3) is 0.538. The van der Waals surface area contributed by atoms with E-state index in [1.807, 2.05) is 6.92 Å². The molecule has 1 aliphatic rings. The Morgan fingerprint density at radius 1 is 1.33 bits per heavy atom. The Kier molecular flexibility index (Phi) is 3.59. The van der Waals surface area contributed by atoms with Crippen molar-refractivity contribution in [3.8, 4) is 0 Å². The van der Waals surface area contributed by atoms with E-state index in [-0.39, 0.29) is 6.09 Å². The van der Waals surface area contributed by atoms with Gasteiger partial charge < -0.3 is 19.5 Å². The molecule has 0 aromatic carbocycles. The van der Waals surface area contributed by atoms with Gasteiger partial charge in [0.15, 0.2) is 0 Å². The summed E-state index contributed by atoms with van der Waals surface area (Å²) in [5, 5.41) is 7.91. The number of rotatable bonds is 4. The Bertz CT molecular complexity index is 669. The van der Waals surface area contributed by atoms with Crippen molar-refractivity contribution in [3.05, 3.63) is 11.5 Å². The summed E-state index contributed by atoms with van der Waals surface area (Å²) in [6.07, 6.45) is 0.612. The quantitative estimate of drug-likeness (QED) is 0.912. The van der Waals surface area contributed by atoms with Crippen molar-refractivity contribution >= 4 is 23.0 Å². The van der Waals surface area contributed by atoms with Crippen LogP contribution in [0.25, 0.3) is 11.1 Å². The summed E-state index contributed by atoms with van der Waals surface area (Å²) in [5.74, 6) is 1.29. The number of nitrogens with one attached hydrogen (secondary N) is 1. The molecule has 3 heterocycles. The standard InChI is InChI=1S/C13H17N5O3/c1-8-10-11(15-9(2)16-12(10)21-17-8)14-4-6-18-5-3-7-20-13(18)19/h3-7H2,1-2H3,(H,14,15,16). The number of anilines is 1. The third-order valence-electron chi connectivity index (χ3n) is 3.35. The largest absolute Gasteiger partial charge is 0.449 e. The van der Waals surface area contributed by atoms with Crippen molar-refractivity contribution in [2.24, 2.45) is 0 Å². The number of hydrogen-bond donors (Lipinski definition) is 1. The molecule has 0 bridgehead atoms. The minimum atomic E-state index is -0.256. The summed E-state index contributed by atoms with van der Waals surface area (Å²) < 4.78 is 10.2. The van der Waals surface area contributed by atoms with Crippen LogP contribution in [-0.4, -0.2) is 52.4 Å². The van der Waals surface area contributed by atoms with E-state index >= 15 is 0 Å². The van der Waals surface area contributed by atoms with Crippen molar-refractivity contribution in [1.82, 2.24) is 20.0 Å². The lowest BCUT2D eigenvalue weighted by Crippen LogP contribution is -2.40. The van der Waals surface area contributed by atoms with Gasteiger partial charge in [0.1, 0.15) is 17.0 Å². The fourth-order valence-corrected chi connectivity index (χ4v) is 2.33. The highest BCUT2D eigenvalue weighted by Crippen LogP contribution is 2.23. The first-order chi connectivity index (χ1) is 10.1. The van der Waals surface area contributed by atoms with Gasteiger partial charge in [0.25, 0.3) is 5.71 Å². The molecule has 8 nitrogen and oxygen atoms in total. The average molecular weight is 291 g/mol. The Morgan fingerprint density at radius 2 is 2.19 bits per heavy atom. The third kappa shape index (κ3) is 2.74. The summed E-state index contributed by atoms with van der Waals surface area (Å²) >= 11 is 0. The van der Waals surface area contributed by atoms with Crippen LogP contribution in [0.5, 0.6) is 0 Å². The van der Waals surface area contributed by atoms with Crippen LogP contribution >= 0.6 is 0 Å². The van der Waals surface area contributed by atoms with Crippen LogP contribution in [0.15, 0.2) is 4.52 Å². The number of carbonyl (C=O) groups excluding carboxylic acids is 1. The molecular weight excluding hydrogens is 274 g/mol. The number of aromatic nitrogens is 3. The highest BCUT2D eigenvalue weighted by molar-refractivity contribution is 5.87. The van der Waals surface area contributed by atoms with E-state index in [1.54, 1.807) is 11.8 Å². The highest BCUT2D eigenvalue weighted by Gasteiger charge is 2.19. The van der Waals surface area contributed by atoms with Crippen molar-refractivity contribution in [3.63, 3.8) is 0 Å². The summed E-state index contributed by atoms with van der Waals surface area (Å²) in [5.41, 5.74) is 1.21. The van der Waals surface area contributed by atoms with Crippen LogP contribution in [0.2, 0.25) is 0 Å². The molecule has 1 aliphatic heterocycles. The molecule has 1 fully saturated rings. The van der Waals surface area contributed by atoms with Gasteiger partial charge in [0.2, 0.25) is 0 Å². The second kappa shape index (κ2) is 5.55. The molecule has 1 saturated heterocycles. The van der Waals surface area contributed by atoms with Crippen molar-refractivity contribution in [1.29, 1.82) is 0 Å². The summed E-state index contributed by atoms with van der Waals surface area (Å²) in [6.45, 7) is 6.01. The molecule has 112 valence electrons. The first-order valence-electron chi connectivity index (χ1n) is 6.91. The van der Waals surface area contributed by atoms with Gasteiger partial charge in [0.05, 0.1) is 12.3 Å². The predicted molar refractivity (Wildman–Crippen MR) is 75.1 cm³/mol. The van der Waals surface area contributed by atoms with Crippen LogP contribution in [0.4, 0.5) is 10.6 Å².